The van der Waals surface area contributed by atoms with Crippen LogP contribution in [0.25, 0.3) is 16.5 Å². The number of anilines is 3. The summed E-state index contributed by atoms with van der Waals surface area (Å²) in [7, 11) is 1.51. The summed E-state index contributed by atoms with van der Waals surface area (Å²) in [6, 6.07) is 18.9. The fraction of sp³-hybridized carbons (Fsp3) is 0.229. The number of amidine groups is 1. The first kappa shape index (κ1) is 32.9. The van der Waals surface area contributed by atoms with E-state index in [9.17, 15) is 4.79 Å². The highest BCUT2D eigenvalue weighted by Gasteiger charge is 2.22. The van der Waals surface area contributed by atoms with E-state index in [1.54, 1.807) is 29.1 Å². The van der Waals surface area contributed by atoms with E-state index >= 15 is 0 Å². The minimum atomic E-state index is -0.373. The number of hydrogen-bond acceptors (Lipinski definition) is 8. The SMILES string of the molecule is C=N/C=C(\N=C(C)Nc1cc(COc2ccc(NC(=O)Nc3cc(C(C)(C)C)nn3-c3csc(C)c3)c3ccccc23)ccn1)OC. The highest BCUT2D eigenvalue weighted by atomic mass is 32.1. The van der Waals surface area contributed by atoms with Crippen LogP contribution >= 0.6 is 11.3 Å². The maximum atomic E-state index is 13.4. The van der Waals surface area contributed by atoms with E-state index < -0.39 is 0 Å². The summed E-state index contributed by atoms with van der Waals surface area (Å²) < 4.78 is 13.2. The smallest absolute Gasteiger partial charge is 0.324 e. The Morgan fingerprint density at radius 2 is 1.85 bits per heavy atom. The molecule has 5 aromatic rings. The zero-order chi connectivity index (χ0) is 33.6. The van der Waals surface area contributed by atoms with E-state index in [0.29, 0.717) is 41.4 Å². The molecule has 0 saturated carbocycles. The van der Waals surface area contributed by atoms with Crippen LogP contribution in [0.3, 0.4) is 0 Å². The largest absolute Gasteiger partial charge is 0.488 e. The van der Waals surface area contributed by atoms with E-state index in [2.05, 4.69) is 64.5 Å². The Morgan fingerprint density at radius 3 is 2.55 bits per heavy atom. The van der Waals surface area contributed by atoms with Gasteiger partial charge in [0.1, 0.15) is 29.8 Å². The summed E-state index contributed by atoms with van der Waals surface area (Å²) in [5, 5.41) is 17.7. The van der Waals surface area contributed by atoms with Gasteiger partial charge >= 0.3 is 6.03 Å². The van der Waals surface area contributed by atoms with Gasteiger partial charge in [0.25, 0.3) is 0 Å². The van der Waals surface area contributed by atoms with Crippen LogP contribution in [0.4, 0.5) is 22.1 Å². The number of amides is 2. The third-order valence-corrected chi connectivity index (χ3v) is 7.88. The van der Waals surface area contributed by atoms with Gasteiger partial charge in [-0.25, -0.2) is 14.5 Å². The number of thiophene rings is 1. The highest BCUT2D eigenvalue weighted by molar-refractivity contribution is 7.10. The molecule has 0 spiro atoms. The zero-order valence-corrected chi connectivity index (χ0v) is 28.1. The lowest BCUT2D eigenvalue weighted by Gasteiger charge is -2.14. The van der Waals surface area contributed by atoms with E-state index in [-0.39, 0.29) is 11.4 Å². The fourth-order valence-electron chi connectivity index (χ4n) is 4.73. The average molecular weight is 651 g/mol. The van der Waals surface area contributed by atoms with Gasteiger partial charge in [-0.05, 0) is 56.5 Å². The average Bonchev–Trinajstić information content (AvgIpc) is 3.66. The summed E-state index contributed by atoms with van der Waals surface area (Å²) >= 11 is 1.64. The Hall–Kier alpha value is -5.49. The van der Waals surface area contributed by atoms with E-state index in [1.807, 2.05) is 66.9 Å². The van der Waals surface area contributed by atoms with Crippen LogP contribution in [0, 0.1) is 6.92 Å². The number of carbonyl (C=O) groups excluding carboxylic acids is 1. The number of aromatic nitrogens is 3. The number of pyridine rings is 1. The van der Waals surface area contributed by atoms with Crippen molar-refractivity contribution in [3.63, 3.8) is 0 Å². The topological polar surface area (TPSA) is 127 Å². The number of nitrogens with zero attached hydrogens (tertiary/aromatic N) is 5. The van der Waals surface area contributed by atoms with Crippen molar-refractivity contribution in [2.45, 2.75) is 46.6 Å². The second kappa shape index (κ2) is 14.3. The third kappa shape index (κ3) is 8.22. The predicted octanol–water partition coefficient (Wildman–Crippen LogP) is 8.29. The molecule has 3 aromatic heterocycles. The van der Waals surface area contributed by atoms with Gasteiger partial charge in [0.05, 0.1) is 30.4 Å². The molecule has 5 rings (SSSR count). The maximum Gasteiger partial charge on any atom is 0.324 e. The van der Waals surface area contributed by atoms with Gasteiger partial charge in [0.15, 0.2) is 0 Å². The summed E-state index contributed by atoms with van der Waals surface area (Å²) in [6.07, 6.45) is 3.12. The maximum absolute atomic E-state index is 13.4. The number of urea groups is 1. The molecule has 47 heavy (non-hydrogen) atoms. The van der Waals surface area contributed by atoms with Crippen molar-refractivity contribution in [1.82, 2.24) is 14.8 Å². The molecular formula is C35H38N8O3S. The first-order chi connectivity index (χ1) is 22.5. The molecule has 2 amide bonds. The monoisotopic (exact) mass is 650 g/mol. The van der Waals surface area contributed by atoms with E-state index in [4.69, 9.17) is 14.6 Å². The van der Waals surface area contributed by atoms with Gasteiger partial charge in [-0.15, -0.1) is 11.3 Å². The molecule has 0 fully saturated rings. The Morgan fingerprint density at radius 1 is 1.06 bits per heavy atom. The molecule has 0 unspecified atom stereocenters. The van der Waals surface area contributed by atoms with Crippen molar-refractivity contribution in [2.75, 3.05) is 23.1 Å². The highest BCUT2D eigenvalue weighted by Crippen LogP contribution is 2.33. The second-order valence-corrected chi connectivity index (χ2v) is 12.9. The Bertz CT molecular complexity index is 1970. The molecule has 0 saturated heterocycles. The predicted molar refractivity (Wildman–Crippen MR) is 191 cm³/mol. The third-order valence-electron chi connectivity index (χ3n) is 7.03. The van der Waals surface area contributed by atoms with Crippen LogP contribution in [-0.4, -0.2) is 40.5 Å². The van der Waals surface area contributed by atoms with Crippen LogP contribution in [0.15, 0.2) is 94.3 Å². The molecule has 3 heterocycles. The van der Waals surface area contributed by atoms with Crippen molar-refractivity contribution in [1.29, 1.82) is 0 Å². The van der Waals surface area contributed by atoms with Crippen molar-refractivity contribution >= 4 is 58.0 Å². The van der Waals surface area contributed by atoms with Gasteiger partial charge in [-0.1, -0.05) is 45.0 Å². The van der Waals surface area contributed by atoms with E-state index in [0.717, 1.165) is 32.6 Å². The fourth-order valence-corrected chi connectivity index (χ4v) is 5.39. The molecule has 3 N–H and O–H groups in total. The number of ether oxygens (including phenoxy) is 2. The van der Waals surface area contributed by atoms with Gasteiger partial charge in [0.2, 0.25) is 5.88 Å². The summed E-state index contributed by atoms with van der Waals surface area (Å²) in [6.45, 7) is 13.9. The molecule has 12 heteroatoms. The van der Waals surface area contributed by atoms with Crippen LogP contribution in [0.1, 0.15) is 43.8 Å². The number of rotatable bonds is 10. The number of fused-ring (bicyclic) bond motifs is 1. The molecule has 2 aromatic carbocycles. The van der Waals surface area contributed by atoms with Crippen LogP contribution in [0.5, 0.6) is 5.75 Å². The number of methoxy groups -OCH3 is 1. The number of hydrogen-bond donors (Lipinski definition) is 3. The number of aryl methyl sites for hydroxylation is 1. The van der Waals surface area contributed by atoms with Crippen LogP contribution in [-0.2, 0) is 16.8 Å². The van der Waals surface area contributed by atoms with Gasteiger partial charge < -0.3 is 20.1 Å². The van der Waals surface area contributed by atoms with Crippen molar-refractivity contribution in [3.8, 4) is 11.4 Å². The second-order valence-electron chi connectivity index (χ2n) is 11.7. The minimum absolute atomic E-state index is 0.189. The lowest BCUT2D eigenvalue weighted by atomic mass is 9.92. The molecule has 0 radical (unpaired) electrons. The van der Waals surface area contributed by atoms with Gasteiger partial charge in [-0.3, -0.25) is 10.3 Å². The molecule has 0 aliphatic heterocycles. The molecular weight excluding hydrogens is 613 g/mol. The van der Waals surface area contributed by atoms with Crippen LogP contribution < -0.4 is 20.7 Å². The standard InChI is InChI=1S/C35H38N8O3S/c1-22-16-25(21-47-22)43-32(18-30(42-43)35(3,4)5)41-34(44)40-28-12-13-29(27-11-9-8-10-26(27)28)46-20-24-14-15-37-31(17-24)38-23(2)39-33(45-7)19-36-6/h8-19,21H,6,20H2,1-5,7H3,(H,37,38,39)(H2,40,41,44)/b33-19+. The molecule has 0 aliphatic carbocycles. The molecule has 0 bridgehead atoms. The summed E-state index contributed by atoms with van der Waals surface area (Å²) in [5.41, 5.74) is 3.15. The summed E-state index contributed by atoms with van der Waals surface area (Å²) in [5.74, 6) is 2.78. The Kier molecular flexibility index (Phi) is 10.0. The van der Waals surface area contributed by atoms with Gasteiger partial charge in [0, 0.05) is 38.7 Å². The quantitative estimate of drug-likeness (QED) is 0.0793. The Labute approximate surface area is 278 Å². The summed E-state index contributed by atoms with van der Waals surface area (Å²) in [4.78, 5) is 26.9. The Balaban J connectivity index is 1.31. The molecule has 0 aliphatic rings. The lowest BCUT2D eigenvalue weighted by Crippen LogP contribution is -2.21. The number of carbonyl (C=O) groups is 1. The van der Waals surface area contributed by atoms with Gasteiger partial charge in [-0.2, -0.15) is 10.1 Å². The first-order valence-electron chi connectivity index (χ1n) is 14.9. The lowest BCUT2D eigenvalue weighted by molar-refractivity contribution is 0.262. The first-order valence-corrected chi connectivity index (χ1v) is 15.8. The minimum Gasteiger partial charge on any atom is -0.488 e. The molecule has 0 atom stereocenters. The normalized spacial score (nSPS) is 12.1. The molecule has 11 nitrogen and oxygen atoms in total. The number of aliphatic imine (C=N–C) groups is 2. The van der Waals surface area contributed by atoms with Crippen molar-refractivity contribution in [2.24, 2.45) is 9.98 Å². The number of nitrogens with one attached hydrogen (secondary N) is 3. The van der Waals surface area contributed by atoms with Crippen molar-refractivity contribution in [3.05, 3.63) is 100 Å². The molecule has 242 valence electrons. The van der Waals surface area contributed by atoms with Crippen molar-refractivity contribution < 1.29 is 14.3 Å². The zero-order valence-electron chi connectivity index (χ0n) is 27.3. The number of benzene rings is 2. The van der Waals surface area contributed by atoms with Crippen LogP contribution in [0.2, 0.25) is 0 Å². The van der Waals surface area contributed by atoms with E-state index in [1.165, 1.54) is 13.3 Å².